The third kappa shape index (κ3) is 14.0. The first-order valence-electron chi connectivity index (χ1n) is 31.1. The molecule has 3 amide bonds. The summed E-state index contributed by atoms with van der Waals surface area (Å²) in [4.78, 5) is 126. The second-order valence-corrected chi connectivity index (χ2v) is 23.4. The number of amides is 3. The maximum Gasteiger partial charge on any atom is 0.410 e. The Kier molecular flexibility index (Phi) is 20.2. The number of carbonyl (C=O) groups is 8. The van der Waals surface area contributed by atoms with Crippen LogP contribution >= 0.6 is 0 Å². The standard InChI is InChI=1S/C68H71N5O23/c1-8-68(83)49-27-52-57-46(29-73(52)62(78)48(49)32-87-65(68)80)44(45-26-54-55(91-34-90-54)28-50(45)71-57)19-21-72(35(2)3)67(82)89-30-39-17-18-53(95-64-61(94-38(6)76)59(93-37(5)75)58(92-36(4)74)60(96-64)63(79)84-7)51(25-39)70-56(77)33-86-24-23-85-22-20-69-66(81)88-31-47-42-15-11-9-13-40(42)41-14-10-12-16-43(41)47/h9-18,25-28,35,47,58-61,64,83H,8,19-24,29-34H2,1-7H3,(H,69,81)(H,70,77)/t58?,59?,60-,61?,64+,68-/m0/s1. The molecule has 5 aliphatic rings. The third-order valence-corrected chi connectivity index (χ3v) is 17.0. The topological polar surface area (TPSA) is 339 Å². The number of benzene rings is 4. The SMILES string of the molecule is CC[C@@]1(O)C(=O)OCc2c1cc1n(c2=O)Cc2c-1nc1cc3c(cc1c2CCN(C(=O)OCc1ccc(O[C@@H]2O[C@H](C(=O)OC)C(OC(C)=O)C(OC(C)=O)C2OC(C)=O)c(NC(=O)COCCOCCNC(=O)OCC2c4ccccc4-c4ccccc42)c1)C(C)C)OCO3. The number of cyclic esters (lactones) is 1. The van der Waals surface area contributed by atoms with E-state index >= 15 is 0 Å². The second-order valence-electron chi connectivity index (χ2n) is 23.4. The summed E-state index contributed by atoms with van der Waals surface area (Å²) in [5, 5.41) is 17.6. The number of nitrogens with one attached hydrogen (secondary N) is 2. The van der Waals surface area contributed by atoms with Crippen molar-refractivity contribution in [3.05, 3.63) is 134 Å². The van der Waals surface area contributed by atoms with Crippen LogP contribution in [0.5, 0.6) is 17.2 Å². The molecule has 0 radical (unpaired) electrons. The van der Waals surface area contributed by atoms with Crippen molar-refractivity contribution in [2.24, 2.45) is 0 Å². The van der Waals surface area contributed by atoms with E-state index in [4.69, 9.17) is 66.6 Å². The van der Waals surface area contributed by atoms with Gasteiger partial charge in [0.25, 0.3) is 5.56 Å². The fourth-order valence-corrected chi connectivity index (χ4v) is 12.5. The fraction of sp³-hybridized carbons (Fsp3) is 0.412. The molecular formula is C68H71N5O23. The number of ether oxygens (including phenoxy) is 13. The lowest BCUT2D eigenvalue weighted by Gasteiger charge is -2.43. The molecule has 1 saturated heterocycles. The van der Waals surface area contributed by atoms with Crippen molar-refractivity contribution in [1.82, 2.24) is 19.8 Å². The Balaban J connectivity index is 0.781. The zero-order valence-electron chi connectivity index (χ0n) is 53.6. The summed E-state index contributed by atoms with van der Waals surface area (Å²) in [6.07, 6.45) is -9.98. The minimum atomic E-state index is -2.05. The third-order valence-electron chi connectivity index (χ3n) is 17.0. The first-order valence-corrected chi connectivity index (χ1v) is 31.1. The Labute approximate surface area is 549 Å². The molecular weight excluding hydrogens is 1250 g/mol. The molecule has 11 rings (SSSR count). The zero-order valence-corrected chi connectivity index (χ0v) is 53.6. The van der Waals surface area contributed by atoms with E-state index in [1.54, 1.807) is 39.0 Å². The van der Waals surface area contributed by atoms with Crippen molar-refractivity contribution in [3.63, 3.8) is 0 Å². The van der Waals surface area contributed by atoms with Gasteiger partial charge in [-0.25, -0.2) is 24.2 Å². The van der Waals surface area contributed by atoms with Gasteiger partial charge < -0.3 is 86.8 Å². The highest BCUT2D eigenvalue weighted by molar-refractivity contribution is 5.94. The van der Waals surface area contributed by atoms with Crippen molar-refractivity contribution in [2.45, 2.75) is 122 Å². The Morgan fingerprint density at radius 3 is 2.16 bits per heavy atom. The number of rotatable bonds is 24. The van der Waals surface area contributed by atoms with E-state index in [1.807, 2.05) is 48.5 Å². The quantitative estimate of drug-likeness (QED) is 0.0356. The van der Waals surface area contributed by atoms with Crippen LogP contribution in [0, 0.1) is 0 Å². The first kappa shape index (κ1) is 67.3. The summed E-state index contributed by atoms with van der Waals surface area (Å²) in [5.41, 5.74) is 5.11. The predicted octanol–water partition coefficient (Wildman–Crippen LogP) is 5.98. The Hall–Kier alpha value is -10.2. The highest BCUT2D eigenvalue weighted by Gasteiger charge is 2.56. The van der Waals surface area contributed by atoms with Crippen molar-refractivity contribution >= 4 is 64.5 Å². The minimum Gasteiger partial charge on any atom is -0.467 e. The van der Waals surface area contributed by atoms with Gasteiger partial charge in [-0.05, 0) is 84.3 Å². The van der Waals surface area contributed by atoms with Gasteiger partial charge >= 0.3 is 42.0 Å². The van der Waals surface area contributed by atoms with Crippen LogP contribution in [-0.2, 0) is 108 Å². The van der Waals surface area contributed by atoms with Gasteiger partial charge in [0.2, 0.25) is 25.1 Å². The van der Waals surface area contributed by atoms with Gasteiger partial charge in [0, 0.05) is 68.4 Å². The number of pyridine rings is 2. The fourth-order valence-electron chi connectivity index (χ4n) is 12.5. The number of fused-ring (bicyclic) bond motifs is 9. The van der Waals surface area contributed by atoms with Crippen molar-refractivity contribution in [3.8, 4) is 39.8 Å². The van der Waals surface area contributed by atoms with E-state index in [-0.39, 0.29) is 107 Å². The molecule has 2 aromatic heterocycles. The number of aromatic nitrogens is 2. The molecule has 28 nitrogen and oxygen atoms in total. The molecule has 0 saturated carbocycles. The lowest BCUT2D eigenvalue weighted by Crippen LogP contribution is -2.64. The van der Waals surface area contributed by atoms with Gasteiger partial charge in [-0.3, -0.25) is 24.0 Å². The van der Waals surface area contributed by atoms with Gasteiger partial charge in [-0.2, -0.15) is 0 Å². The number of esters is 5. The lowest BCUT2D eigenvalue weighted by atomic mass is 9.86. The molecule has 3 unspecified atom stereocenters. The normalized spacial score (nSPS) is 19.3. The van der Waals surface area contributed by atoms with E-state index in [9.17, 15) is 48.3 Å². The van der Waals surface area contributed by atoms with E-state index in [2.05, 4.69) is 10.6 Å². The van der Waals surface area contributed by atoms with Gasteiger partial charge in [-0.1, -0.05) is 61.5 Å². The number of alkyl carbamates (subject to hydrolysis) is 1. The number of hydrogen-bond donors (Lipinski definition) is 3. The summed E-state index contributed by atoms with van der Waals surface area (Å²) in [6, 6.07) is 25.0. The summed E-state index contributed by atoms with van der Waals surface area (Å²) in [6.45, 7) is 7.53. The van der Waals surface area contributed by atoms with Crippen LogP contribution < -0.4 is 30.4 Å². The van der Waals surface area contributed by atoms with E-state index in [0.717, 1.165) is 55.7 Å². The smallest absolute Gasteiger partial charge is 0.410 e. The molecule has 96 heavy (non-hydrogen) atoms. The summed E-state index contributed by atoms with van der Waals surface area (Å²) < 4.78 is 74.9. The number of anilines is 1. The number of aliphatic hydroxyl groups is 1. The second kappa shape index (κ2) is 28.8. The Morgan fingerprint density at radius 1 is 0.792 bits per heavy atom. The van der Waals surface area contributed by atoms with Crippen molar-refractivity contribution in [2.75, 3.05) is 65.3 Å². The van der Waals surface area contributed by atoms with Crippen LogP contribution in [0.3, 0.4) is 0 Å². The first-order chi connectivity index (χ1) is 46.1. The van der Waals surface area contributed by atoms with E-state index in [0.29, 0.717) is 44.9 Å². The van der Waals surface area contributed by atoms with Gasteiger partial charge in [0.1, 0.15) is 32.2 Å². The highest BCUT2D eigenvalue weighted by Crippen LogP contribution is 2.46. The summed E-state index contributed by atoms with van der Waals surface area (Å²) >= 11 is 0. The number of carbonyl (C=O) groups excluding carboxylic acids is 8. The molecule has 4 aromatic carbocycles. The minimum absolute atomic E-state index is 0.0185. The van der Waals surface area contributed by atoms with Crippen LogP contribution in [0.4, 0.5) is 15.3 Å². The largest absolute Gasteiger partial charge is 0.467 e. The van der Waals surface area contributed by atoms with Crippen LogP contribution in [-0.4, -0.2) is 164 Å². The number of methoxy groups -OCH3 is 1. The maximum atomic E-state index is 14.4. The highest BCUT2D eigenvalue weighted by atomic mass is 16.7. The molecule has 0 spiro atoms. The zero-order chi connectivity index (χ0) is 68.1. The van der Waals surface area contributed by atoms with Crippen LogP contribution in [0.15, 0.2) is 89.7 Å². The molecule has 0 bridgehead atoms. The van der Waals surface area contributed by atoms with Gasteiger partial charge in [0.05, 0.1) is 61.6 Å². The van der Waals surface area contributed by atoms with Crippen LogP contribution in [0.25, 0.3) is 33.4 Å². The van der Waals surface area contributed by atoms with Crippen LogP contribution in [0.1, 0.15) is 92.8 Å². The monoisotopic (exact) mass is 1330 g/mol. The molecule has 6 aromatic rings. The maximum absolute atomic E-state index is 14.4. The molecule has 6 heterocycles. The van der Waals surface area contributed by atoms with E-state index in [1.165, 1.54) is 27.7 Å². The molecule has 506 valence electrons. The average Bonchev–Trinajstić information content (AvgIpc) is 1.50. The molecule has 1 fully saturated rings. The van der Waals surface area contributed by atoms with Gasteiger partial charge in [0.15, 0.2) is 35.4 Å². The van der Waals surface area contributed by atoms with Gasteiger partial charge in [-0.15, -0.1) is 0 Å². The number of nitrogens with zero attached hydrogens (tertiary/aromatic N) is 3. The molecule has 6 atom stereocenters. The van der Waals surface area contributed by atoms with Crippen molar-refractivity contribution in [1.29, 1.82) is 0 Å². The summed E-state index contributed by atoms with van der Waals surface area (Å²) in [7, 11) is 1.03. The van der Waals surface area contributed by atoms with Crippen molar-refractivity contribution < 1.29 is 105 Å². The van der Waals surface area contributed by atoms with Crippen LogP contribution in [0.2, 0.25) is 0 Å². The average molecular weight is 1330 g/mol. The Bertz CT molecular complexity index is 4070. The van der Waals surface area contributed by atoms with E-state index < -0.39 is 102 Å². The number of hydrogen-bond acceptors (Lipinski definition) is 24. The molecule has 3 N–H and O–H groups in total. The molecule has 4 aliphatic heterocycles. The molecule has 1 aliphatic carbocycles. The lowest BCUT2D eigenvalue weighted by molar-refractivity contribution is -0.282. The predicted molar refractivity (Wildman–Crippen MR) is 334 cm³/mol. The Morgan fingerprint density at radius 2 is 1.47 bits per heavy atom. The molecule has 28 heteroatoms. The summed E-state index contributed by atoms with van der Waals surface area (Å²) in [5.74, 6) is -4.80.